The number of halogens is 1. The van der Waals surface area contributed by atoms with Gasteiger partial charge < -0.3 is 14.6 Å². The Balaban J connectivity index is 0.00000280. The quantitative estimate of drug-likeness (QED) is 0.704. The Hall–Kier alpha value is -3.15. The van der Waals surface area contributed by atoms with Gasteiger partial charge in [-0.3, -0.25) is 14.2 Å². The van der Waals surface area contributed by atoms with Gasteiger partial charge in [-0.25, -0.2) is 4.98 Å². The van der Waals surface area contributed by atoms with Gasteiger partial charge in [-0.15, -0.1) is 12.4 Å². The predicted molar refractivity (Wildman–Crippen MR) is 108 cm³/mol. The zero-order chi connectivity index (χ0) is 19.6. The molecule has 0 bridgehead atoms. The van der Waals surface area contributed by atoms with Crippen molar-refractivity contribution in [3.8, 4) is 6.07 Å². The number of carbonyl (C=O) groups is 1. The van der Waals surface area contributed by atoms with Crippen molar-refractivity contribution in [1.82, 2.24) is 14.5 Å². The number of nitriles is 1. The molecule has 1 N–H and O–H groups in total. The Labute approximate surface area is 167 Å². The van der Waals surface area contributed by atoms with E-state index in [2.05, 4.69) is 10.3 Å². The van der Waals surface area contributed by atoms with Crippen LogP contribution in [0.1, 0.15) is 21.7 Å². The zero-order valence-electron chi connectivity index (χ0n) is 15.7. The molecule has 0 aliphatic rings. The molecule has 3 aromatic rings. The lowest BCUT2D eigenvalue weighted by Gasteiger charge is -2.10. The highest BCUT2D eigenvalue weighted by Gasteiger charge is 2.23. The van der Waals surface area contributed by atoms with Crippen LogP contribution in [0, 0.1) is 18.3 Å². The van der Waals surface area contributed by atoms with Gasteiger partial charge in [0.15, 0.2) is 0 Å². The van der Waals surface area contributed by atoms with Crippen LogP contribution in [0.25, 0.3) is 11.1 Å². The summed E-state index contributed by atoms with van der Waals surface area (Å²) < 4.78 is 6.99. The molecule has 146 valence electrons. The molecule has 3 rings (SSSR count). The number of aryl methyl sites for hydroxylation is 1. The summed E-state index contributed by atoms with van der Waals surface area (Å²) >= 11 is 0. The van der Waals surface area contributed by atoms with E-state index in [9.17, 15) is 9.59 Å². The molecule has 0 unspecified atom stereocenters. The van der Waals surface area contributed by atoms with Crippen molar-refractivity contribution in [2.75, 3.05) is 26.0 Å². The van der Waals surface area contributed by atoms with E-state index in [-0.39, 0.29) is 34.6 Å². The van der Waals surface area contributed by atoms with Crippen LogP contribution in [0.3, 0.4) is 0 Å². The second kappa shape index (κ2) is 8.69. The van der Waals surface area contributed by atoms with Gasteiger partial charge in [-0.2, -0.15) is 5.26 Å². The maximum Gasteiger partial charge on any atom is 0.265 e. The molecular weight excluding hydrogens is 382 g/mol. The minimum Gasteiger partial charge on any atom is -0.442 e. The van der Waals surface area contributed by atoms with Crippen LogP contribution >= 0.6 is 12.4 Å². The highest BCUT2D eigenvalue weighted by molar-refractivity contribution is 6.12. The lowest BCUT2D eigenvalue weighted by Crippen LogP contribution is -2.27. The highest BCUT2D eigenvalue weighted by Crippen LogP contribution is 2.22. The number of furan rings is 1. The number of hydrogen-bond donors (Lipinski definition) is 1. The normalized spacial score (nSPS) is 10.5. The minimum absolute atomic E-state index is 0. The van der Waals surface area contributed by atoms with Crippen LogP contribution in [0.2, 0.25) is 0 Å². The molecule has 28 heavy (non-hydrogen) atoms. The van der Waals surface area contributed by atoms with Gasteiger partial charge in [0.1, 0.15) is 17.5 Å². The van der Waals surface area contributed by atoms with Crippen LogP contribution in [0.5, 0.6) is 0 Å². The number of rotatable bonds is 5. The number of benzene rings is 1. The molecule has 9 heteroatoms. The fourth-order valence-electron chi connectivity index (χ4n) is 2.70. The summed E-state index contributed by atoms with van der Waals surface area (Å²) in [5, 5.41) is 11.8. The van der Waals surface area contributed by atoms with Crippen LogP contribution < -0.4 is 10.9 Å². The summed E-state index contributed by atoms with van der Waals surface area (Å²) in [7, 11) is 3.82. The van der Waals surface area contributed by atoms with E-state index in [0.29, 0.717) is 30.1 Å². The summed E-state index contributed by atoms with van der Waals surface area (Å²) in [6, 6.07) is 8.48. The van der Waals surface area contributed by atoms with E-state index in [4.69, 9.17) is 9.68 Å². The number of nitrogens with zero attached hydrogens (tertiary/aromatic N) is 4. The molecule has 0 saturated heterocycles. The average Bonchev–Trinajstić information content (AvgIpc) is 2.98. The number of aromatic nitrogens is 2. The molecule has 8 nitrogen and oxygen atoms in total. The summed E-state index contributed by atoms with van der Waals surface area (Å²) in [6.45, 7) is 2.74. The van der Waals surface area contributed by atoms with Crippen molar-refractivity contribution in [2.45, 2.75) is 13.5 Å². The summed E-state index contributed by atoms with van der Waals surface area (Å²) in [4.78, 5) is 31.7. The number of likely N-dealkylation sites (N-methyl/N-ethyl adjacent to an activating group) is 1. The Morgan fingerprint density at radius 2 is 2.00 bits per heavy atom. The van der Waals surface area contributed by atoms with Gasteiger partial charge in [0.25, 0.3) is 11.5 Å². The smallest absolute Gasteiger partial charge is 0.265 e. The highest BCUT2D eigenvalue weighted by atomic mass is 35.5. The van der Waals surface area contributed by atoms with Crippen molar-refractivity contribution in [3.63, 3.8) is 0 Å². The molecule has 0 aliphatic carbocycles. The number of amides is 1. The third kappa shape index (κ3) is 4.22. The fraction of sp³-hybridized carbons (Fsp3) is 0.263. The van der Waals surface area contributed by atoms with Crippen LogP contribution in [-0.4, -0.2) is 41.0 Å². The van der Waals surface area contributed by atoms with Gasteiger partial charge in [0.2, 0.25) is 5.71 Å². The monoisotopic (exact) mass is 401 g/mol. The van der Waals surface area contributed by atoms with Crippen LogP contribution in [0.4, 0.5) is 5.69 Å². The van der Waals surface area contributed by atoms with Crippen molar-refractivity contribution < 1.29 is 9.21 Å². The van der Waals surface area contributed by atoms with Crippen LogP contribution in [0.15, 0.2) is 39.8 Å². The first kappa shape index (κ1) is 21.2. The van der Waals surface area contributed by atoms with Gasteiger partial charge in [-0.1, -0.05) is 0 Å². The van der Waals surface area contributed by atoms with E-state index in [1.54, 1.807) is 31.2 Å². The molecule has 2 heterocycles. The van der Waals surface area contributed by atoms with E-state index in [0.717, 1.165) is 0 Å². The maximum absolute atomic E-state index is 12.8. The predicted octanol–water partition coefficient (Wildman–Crippen LogP) is 2.41. The van der Waals surface area contributed by atoms with Crippen molar-refractivity contribution >= 4 is 35.1 Å². The van der Waals surface area contributed by atoms with Crippen LogP contribution in [-0.2, 0) is 6.54 Å². The third-order valence-corrected chi connectivity index (χ3v) is 4.14. The van der Waals surface area contributed by atoms with E-state index in [1.165, 1.54) is 10.9 Å². The van der Waals surface area contributed by atoms with E-state index >= 15 is 0 Å². The minimum atomic E-state index is -0.458. The van der Waals surface area contributed by atoms with E-state index < -0.39 is 5.91 Å². The first-order valence-electron chi connectivity index (χ1n) is 8.35. The van der Waals surface area contributed by atoms with Gasteiger partial charge in [0.05, 0.1) is 17.2 Å². The third-order valence-electron chi connectivity index (χ3n) is 4.14. The Kier molecular flexibility index (Phi) is 6.57. The number of anilines is 1. The molecule has 0 radical (unpaired) electrons. The molecule has 0 spiro atoms. The average molecular weight is 402 g/mol. The Bertz CT molecular complexity index is 1090. The number of hydrogen-bond acceptors (Lipinski definition) is 6. The molecule has 0 aliphatic heterocycles. The summed E-state index contributed by atoms with van der Waals surface area (Å²) in [5.41, 5.74) is 1.01. The van der Waals surface area contributed by atoms with Gasteiger partial charge in [0, 0.05) is 18.8 Å². The molecule has 0 atom stereocenters. The summed E-state index contributed by atoms with van der Waals surface area (Å²) in [5.74, 6) is -0.133. The van der Waals surface area contributed by atoms with Gasteiger partial charge >= 0.3 is 0 Å². The van der Waals surface area contributed by atoms with Crippen molar-refractivity contribution in [3.05, 3.63) is 57.8 Å². The molecule has 1 amide bonds. The number of carbonyl (C=O) groups excluding carboxylic acids is 1. The van der Waals surface area contributed by atoms with Crippen molar-refractivity contribution in [2.24, 2.45) is 0 Å². The lowest BCUT2D eigenvalue weighted by atomic mass is 10.1. The maximum atomic E-state index is 12.8. The molecule has 0 fully saturated rings. The SMILES string of the molecule is Cc1oc2ncn(CCN(C)C)c(=O)c2c1C(=O)Nc1ccc(C#N)cc1.Cl. The standard InChI is InChI=1S/C19H19N5O3.ClH/c1-12-15(17(25)22-14-6-4-13(10-20)5-7-14)16-18(27-12)21-11-24(19(16)26)9-8-23(2)3;/h4-7,11H,8-9H2,1-3H3,(H,22,25);1H. The lowest BCUT2D eigenvalue weighted by molar-refractivity contribution is 0.102. The number of nitrogens with one attached hydrogen (secondary N) is 1. The largest absolute Gasteiger partial charge is 0.442 e. The molecule has 2 aromatic heterocycles. The topological polar surface area (TPSA) is 104 Å². The van der Waals surface area contributed by atoms with Crippen molar-refractivity contribution in [1.29, 1.82) is 5.26 Å². The molecule has 0 saturated carbocycles. The first-order valence-corrected chi connectivity index (χ1v) is 8.35. The van der Waals surface area contributed by atoms with E-state index in [1.807, 2.05) is 25.1 Å². The second-order valence-electron chi connectivity index (χ2n) is 6.40. The fourth-order valence-corrected chi connectivity index (χ4v) is 2.70. The first-order chi connectivity index (χ1) is 12.9. The molecule has 1 aromatic carbocycles. The Morgan fingerprint density at radius 3 is 2.61 bits per heavy atom. The zero-order valence-corrected chi connectivity index (χ0v) is 16.5. The Morgan fingerprint density at radius 1 is 1.32 bits per heavy atom. The second-order valence-corrected chi connectivity index (χ2v) is 6.40. The molecular formula is C19H20ClN5O3. The summed E-state index contributed by atoms with van der Waals surface area (Å²) in [6.07, 6.45) is 1.43. The van der Waals surface area contributed by atoms with Gasteiger partial charge in [-0.05, 0) is 45.3 Å². The number of fused-ring (bicyclic) bond motifs is 1.